The second kappa shape index (κ2) is 6.43. The molecule has 0 aromatic carbocycles. The molecule has 0 aromatic heterocycles. The van der Waals surface area contributed by atoms with Gasteiger partial charge in [-0.25, -0.2) is 13.2 Å². The van der Waals surface area contributed by atoms with Crippen molar-refractivity contribution >= 4 is 21.8 Å². The van der Waals surface area contributed by atoms with Crippen molar-refractivity contribution in [2.45, 2.75) is 25.7 Å². The standard InChI is InChI=1S/C12H22N2O5S/c1-14(7-8-20(2,18)19)11(17)13-9-12(10(15)16)5-3-4-6-12/h3-9H2,1-2H3,(H,13,17)(H,15,16). The number of urea groups is 1. The van der Waals surface area contributed by atoms with E-state index >= 15 is 0 Å². The summed E-state index contributed by atoms with van der Waals surface area (Å²) in [6.45, 7) is 0.176. The van der Waals surface area contributed by atoms with Gasteiger partial charge < -0.3 is 15.3 Å². The first kappa shape index (κ1) is 16.7. The molecular formula is C12H22N2O5S. The summed E-state index contributed by atoms with van der Waals surface area (Å²) in [4.78, 5) is 24.4. The van der Waals surface area contributed by atoms with Gasteiger partial charge in [-0.3, -0.25) is 4.79 Å². The quantitative estimate of drug-likeness (QED) is 0.735. The van der Waals surface area contributed by atoms with Crippen LogP contribution >= 0.6 is 0 Å². The summed E-state index contributed by atoms with van der Waals surface area (Å²) in [5, 5.41) is 11.9. The molecule has 0 bridgehead atoms. The molecule has 0 unspecified atom stereocenters. The third-order valence-corrected chi connectivity index (χ3v) is 4.66. The van der Waals surface area contributed by atoms with Gasteiger partial charge in [0, 0.05) is 26.4 Å². The zero-order valence-electron chi connectivity index (χ0n) is 11.9. The van der Waals surface area contributed by atoms with Crippen LogP contribution in [-0.2, 0) is 14.6 Å². The minimum Gasteiger partial charge on any atom is -0.481 e. The fourth-order valence-electron chi connectivity index (χ4n) is 2.30. The van der Waals surface area contributed by atoms with Gasteiger partial charge in [0.1, 0.15) is 9.84 Å². The number of carboxylic acid groups (broad SMARTS) is 1. The van der Waals surface area contributed by atoms with E-state index in [1.165, 1.54) is 11.9 Å². The first-order valence-corrected chi connectivity index (χ1v) is 8.62. The van der Waals surface area contributed by atoms with E-state index in [4.69, 9.17) is 0 Å². The van der Waals surface area contributed by atoms with E-state index in [9.17, 15) is 23.1 Å². The van der Waals surface area contributed by atoms with Crippen LogP contribution in [0.5, 0.6) is 0 Å². The maximum absolute atomic E-state index is 11.8. The highest BCUT2D eigenvalue weighted by molar-refractivity contribution is 7.90. The number of carboxylic acids is 1. The lowest BCUT2D eigenvalue weighted by Gasteiger charge is -2.26. The van der Waals surface area contributed by atoms with Crippen LogP contribution in [0.1, 0.15) is 25.7 Å². The van der Waals surface area contributed by atoms with E-state index in [-0.39, 0.29) is 18.8 Å². The SMILES string of the molecule is CN(CCS(C)(=O)=O)C(=O)NCC1(C(=O)O)CCCC1. The maximum atomic E-state index is 11.8. The van der Waals surface area contributed by atoms with Crippen molar-refractivity contribution in [1.29, 1.82) is 0 Å². The van der Waals surface area contributed by atoms with Gasteiger partial charge in [0.05, 0.1) is 11.2 Å². The minimum absolute atomic E-state index is 0.0877. The smallest absolute Gasteiger partial charge is 0.317 e. The number of aliphatic carboxylic acids is 1. The van der Waals surface area contributed by atoms with Crippen molar-refractivity contribution in [3.63, 3.8) is 0 Å². The Kier molecular flexibility index (Phi) is 5.38. The molecule has 0 aromatic rings. The zero-order valence-corrected chi connectivity index (χ0v) is 12.7. The molecule has 20 heavy (non-hydrogen) atoms. The fourth-order valence-corrected chi connectivity index (χ4v) is 2.91. The highest BCUT2D eigenvalue weighted by Crippen LogP contribution is 2.37. The summed E-state index contributed by atoms with van der Waals surface area (Å²) in [6, 6.07) is -0.443. The van der Waals surface area contributed by atoms with Gasteiger partial charge in [-0.15, -0.1) is 0 Å². The van der Waals surface area contributed by atoms with Crippen molar-refractivity contribution in [1.82, 2.24) is 10.2 Å². The molecule has 1 saturated carbocycles. The van der Waals surface area contributed by atoms with Crippen LogP contribution in [0.2, 0.25) is 0 Å². The molecule has 0 atom stereocenters. The van der Waals surface area contributed by atoms with Crippen LogP contribution in [0, 0.1) is 5.41 Å². The van der Waals surface area contributed by atoms with Gasteiger partial charge >= 0.3 is 12.0 Å². The van der Waals surface area contributed by atoms with Crippen molar-refractivity contribution in [2.24, 2.45) is 5.41 Å². The Morgan fingerprint density at radius 2 is 1.85 bits per heavy atom. The predicted molar refractivity (Wildman–Crippen MR) is 74.3 cm³/mol. The van der Waals surface area contributed by atoms with Crippen molar-refractivity contribution in [3.05, 3.63) is 0 Å². The lowest BCUT2D eigenvalue weighted by molar-refractivity contribution is -0.148. The van der Waals surface area contributed by atoms with E-state index < -0.39 is 27.3 Å². The molecule has 0 radical (unpaired) electrons. The summed E-state index contributed by atoms with van der Waals surface area (Å²) in [7, 11) is -1.64. The topological polar surface area (TPSA) is 104 Å². The molecule has 2 amide bonds. The number of hydrogen-bond acceptors (Lipinski definition) is 4. The Bertz CT molecular complexity index is 468. The number of carbonyl (C=O) groups is 2. The Morgan fingerprint density at radius 1 is 1.30 bits per heavy atom. The summed E-state index contributed by atoms with van der Waals surface area (Å²) in [6.07, 6.45) is 3.94. The van der Waals surface area contributed by atoms with Crippen molar-refractivity contribution in [2.75, 3.05) is 32.1 Å². The summed E-state index contributed by atoms with van der Waals surface area (Å²) >= 11 is 0. The molecule has 1 aliphatic carbocycles. The van der Waals surface area contributed by atoms with Crippen molar-refractivity contribution < 1.29 is 23.1 Å². The second-order valence-corrected chi connectivity index (χ2v) is 7.76. The highest BCUT2D eigenvalue weighted by atomic mass is 32.2. The first-order chi connectivity index (χ1) is 9.16. The predicted octanol–water partition coefficient (Wildman–Crippen LogP) is 0.317. The average molecular weight is 306 g/mol. The zero-order chi connectivity index (χ0) is 15.4. The molecule has 1 fully saturated rings. The van der Waals surface area contributed by atoms with Crippen LogP contribution in [0.15, 0.2) is 0 Å². The fraction of sp³-hybridized carbons (Fsp3) is 0.833. The average Bonchev–Trinajstić information content (AvgIpc) is 2.82. The van der Waals surface area contributed by atoms with E-state index in [2.05, 4.69) is 5.32 Å². The third kappa shape index (κ3) is 4.66. The second-order valence-electron chi connectivity index (χ2n) is 5.50. The summed E-state index contributed by atoms with van der Waals surface area (Å²) in [5.41, 5.74) is -0.868. The van der Waals surface area contributed by atoms with E-state index in [1.807, 2.05) is 0 Å². The van der Waals surface area contributed by atoms with Gasteiger partial charge in [0.25, 0.3) is 0 Å². The van der Waals surface area contributed by atoms with Crippen LogP contribution in [0.25, 0.3) is 0 Å². The molecule has 1 rings (SSSR count). The minimum atomic E-state index is -3.12. The number of sulfone groups is 1. The van der Waals surface area contributed by atoms with Gasteiger partial charge in [-0.1, -0.05) is 12.8 Å². The Morgan fingerprint density at radius 3 is 2.30 bits per heavy atom. The normalized spacial score (nSPS) is 17.7. The largest absolute Gasteiger partial charge is 0.481 e. The monoisotopic (exact) mass is 306 g/mol. The molecule has 8 heteroatoms. The van der Waals surface area contributed by atoms with E-state index in [1.54, 1.807) is 0 Å². The number of amides is 2. The number of hydrogen-bond donors (Lipinski definition) is 2. The van der Waals surface area contributed by atoms with Crippen LogP contribution in [0.3, 0.4) is 0 Å². The van der Waals surface area contributed by atoms with Gasteiger partial charge in [0.15, 0.2) is 0 Å². The summed E-state index contributed by atoms with van der Waals surface area (Å²) < 4.78 is 22.1. The van der Waals surface area contributed by atoms with Crippen molar-refractivity contribution in [3.8, 4) is 0 Å². The first-order valence-electron chi connectivity index (χ1n) is 6.56. The highest BCUT2D eigenvalue weighted by Gasteiger charge is 2.41. The molecule has 0 aliphatic heterocycles. The number of carbonyl (C=O) groups excluding carboxylic acids is 1. The summed E-state index contributed by atoms with van der Waals surface area (Å²) in [5.74, 6) is -0.991. The molecule has 116 valence electrons. The van der Waals surface area contributed by atoms with Gasteiger partial charge in [-0.05, 0) is 12.8 Å². The molecule has 1 aliphatic rings. The molecule has 0 spiro atoms. The molecule has 2 N–H and O–H groups in total. The van der Waals surface area contributed by atoms with Gasteiger partial charge in [-0.2, -0.15) is 0 Å². The maximum Gasteiger partial charge on any atom is 0.317 e. The Labute approximate surface area is 119 Å². The Balaban J connectivity index is 2.47. The molecule has 0 saturated heterocycles. The van der Waals surface area contributed by atoms with Crippen LogP contribution in [0.4, 0.5) is 4.79 Å². The molecule has 7 nitrogen and oxygen atoms in total. The van der Waals surface area contributed by atoms with Crippen LogP contribution < -0.4 is 5.32 Å². The molecular weight excluding hydrogens is 284 g/mol. The number of nitrogens with one attached hydrogen (secondary N) is 1. The molecule has 0 heterocycles. The number of rotatable bonds is 6. The Hall–Kier alpha value is -1.31. The lowest BCUT2D eigenvalue weighted by atomic mass is 9.86. The van der Waals surface area contributed by atoms with E-state index in [0.29, 0.717) is 12.8 Å². The number of nitrogens with zero attached hydrogens (tertiary/aromatic N) is 1. The van der Waals surface area contributed by atoms with Gasteiger partial charge in [0.2, 0.25) is 0 Å². The lowest BCUT2D eigenvalue weighted by Crippen LogP contribution is -2.46. The van der Waals surface area contributed by atoms with Crippen LogP contribution in [-0.4, -0.2) is 62.6 Å². The van der Waals surface area contributed by atoms with E-state index in [0.717, 1.165) is 19.1 Å². The third-order valence-electron chi connectivity index (χ3n) is 3.74.